The number of hydrogen-bond donors (Lipinski definition) is 5. The van der Waals surface area contributed by atoms with E-state index >= 15 is 0 Å². The number of ether oxygens (including phenoxy) is 1. The molecule has 5 N–H and O–H groups in total. The second-order valence-corrected chi connectivity index (χ2v) is 36.5. The third kappa shape index (κ3) is 30.7. The normalized spacial score (nSPS) is 14.1. The highest BCUT2D eigenvalue weighted by Crippen LogP contribution is 2.29. The van der Waals surface area contributed by atoms with Crippen LogP contribution in [-0.4, -0.2) is 176 Å². The molecule has 0 unspecified atom stereocenters. The molecule has 0 saturated carbocycles. The van der Waals surface area contributed by atoms with Crippen molar-refractivity contribution in [2.24, 2.45) is 0 Å². The highest BCUT2D eigenvalue weighted by Gasteiger charge is 2.25. The molecule has 16 rings (SSSR count). The number of carbonyl (C=O) groups is 8. The number of anilines is 4. The van der Waals surface area contributed by atoms with E-state index in [1.807, 2.05) is 109 Å². The molecule has 0 radical (unpaired) electrons. The van der Waals surface area contributed by atoms with Crippen LogP contribution in [0, 0.1) is 0 Å². The average molecular weight is 1950 g/mol. The van der Waals surface area contributed by atoms with Crippen molar-refractivity contribution in [3.8, 4) is 0 Å². The van der Waals surface area contributed by atoms with Crippen LogP contribution in [0.25, 0.3) is 0 Å². The fourth-order valence-corrected chi connectivity index (χ4v) is 17.1. The van der Waals surface area contributed by atoms with Gasteiger partial charge in [0.25, 0.3) is 23.6 Å². The molecule has 8 heterocycles. The molecule has 31 heteroatoms. The number of carbonyl (C=O) groups excluding carboxylic acids is 8. The zero-order valence-corrected chi connectivity index (χ0v) is 78.8. The van der Waals surface area contributed by atoms with Gasteiger partial charge in [0.2, 0.25) is 0 Å². The Balaban J connectivity index is 0.000000150. The second-order valence-electron chi connectivity index (χ2n) is 31.8. The van der Waals surface area contributed by atoms with E-state index in [1.165, 1.54) is 72.2 Å². The molecule has 0 spiro atoms. The number of piperidine rings is 1. The van der Waals surface area contributed by atoms with Gasteiger partial charge in [-0.05, 0) is 168 Å². The van der Waals surface area contributed by atoms with Crippen molar-refractivity contribution in [2.45, 2.75) is 71.1 Å². The van der Waals surface area contributed by atoms with E-state index in [4.69, 9.17) is 97.5 Å². The number of nitrogens with zero attached hydrogens (tertiary/aromatic N) is 8. The Bertz CT molecular complexity index is 5250. The monoisotopic (exact) mass is 1950 g/mol. The molecule has 12 aromatic rings. The Morgan fingerprint density at radius 2 is 0.545 bits per heavy atom. The number of aromatic nitrogens is 4. The number of nitrogens with one attached hydrogen (secondary N) is 5. The van der Waals surface area contributed by atoms with Crippen molar-refractivity contribution >= 4 is 175 Å². The van der Waals surface area contributed by atoms with Gasteiger partial charge in [-0.25, -0.2) is 19.9 Å². The van der Waals surface area contributed by atoms with E-state index < -0.39 is 5.91 Å². The number of rotatable bonds is 28. The lowest BCUT2D eigenvalue weighted by molar-refractivity contribution is 0.0342. The Labute approximate surface area is 811 Å². The first kappa shape index (κ1) is 98.8. The molecule has 4 aromatic heterocycles. The van der Waals surface area contributed by atoms with Gasteiger partial charge in [-0.15, -0.1) is 0 Å². The smallest absolute Gasteiger partial charge is 0.257 e. The van der Waals surface area contributed by atoms with Crippen molar-refractivity contribution in [1.82, 2.24) is 44.9 Å². The zero-order chi connectivity index (χ0) is 92.8. The lowest BCUT2D eigenvalue weighted by Gasteiger charge is -2.27. The molecule has 0 atom stereocenters. The van der Waals surface area contributed by atoms with Crippen LogP contribution in [0.2, 0.25) is 40.2 Å². The second kappa shape index (κ2) is 49.9. The molecule has 8 aromatic carbocycles. The molecule has 4 amide bonds. The van der Waals surface area contributed by atoms with Gasteiger partial charge in [0.1, 0.15) is 23.3 Å². The number of benzene rings is 8. The summed E-state index contributed by atoms with van der Waals surface area (Å²) in [6, 6.07) is 63.7. The predicted molar refractivity (Wildman–Crippen MR) is 528 cm³/mol. The fraction of sp³-hybridized carbons (Fsp3) is 0.248. The Morgan fingerprint density at radius 3 is 0.811 bits per heavy atom. The van der Waals surface area contributed by atoms with Crippen molar-refractivity contribution in [3.05, 3.63) is 372 Å². The van der Waals surface area contributed by atoms with Crippen LogP contribution in [0.15, 0.2) is 243 Å². The fourth-order valence-electron chi connectivity index (χ4n) is 15.0. The van der Waals surface area contributed by atoms with Crippen LogP contribution in [-0.2, 0) is 56.6 Å². The highest BCUT2D eigenvalue weighted by atomic mass is 35.5. The first-order chi connectivity index (χ1) is 63.9. The molecule has 22 nitrogen and oxygen atoms in total. The number of likely N-dealkylation sites (tertiary alicyclic amines) is 1. The maximum absolute atomic E-state index is 13.0. The molecule has 4 aliphatic rings. The zero-order valence-electron chi connectivity index (χ0n) is 72.0. The molecular formula is C101H95Cl8N13O9S. The number of morpholine rings is 1. The summed E-state index contributed by atoms with van der Waals surface area (Å²) in [5.74, 6) is 1.99. The number of hydrogen-bond acceptors (Lipinski definition) is 19. The third-order valence-corrected chi connectivity index (χ3v) is 24.9. The van der Waals surface area contributed by atoms with Gasteiger partial charge in [-0.1, -0.05) is 221 Å². The van der Waals surface area contributed by atoms with E-state index in [0.717, 1.165) is 110 Å². The molecule has 0 aliphatic carbocycles. The van der Waals surface area contributed by atoms with Gasteiger partial charge in [0.15, 0.2) is 23.1 Å². The van der Waals surface area contributed by atoms with Crippen molar-refractivity contribution in [3.63, 3.8) is 0 Å². The SMILES string of the molecule is O=C(Cc1ccc(Cl)cc1C(=O)Nc1ccc(Cl)cn1)c1ccc(CN2CCCCC2)cc1.O=C(Cc1ccc(Cl)cc1C(=O)Nc1ccc(Cl)cn1)c1ccc(CN2CCNCC2)cc1.O=C(Cc1ccc(Cl)cc1C(=O)Nc1ccc(Cl)cn1)c1ccc(CN2CCOCC2)cc1.O=C(Cc1ccc(Cl)cc1C(=O)Nc1ccc(Cl)cn1)c1ccc(CN2CCSCC2)cc1. The van der Waals surface area contributed by atoms with E-state index in [1.54, 1.807) is 121 Å². The van der Waals surface area contributed by atoms with Gasteiger partial charge in [0, 0.05) is 205 Å². The summed E-state index contributed by atoms with van der Waals surface area (Å²) in [5, 5.41) is 17.8. The number of piperazine rings is 1. The number of Topliss-reactive ketones (excluding diaryl/α,β-unsaturated/α-hetero) is 4. The van der Waals surface area contributed by atoms with Gasteiger partial charge in [-0.3, -0.25) is 58.0 Å². The number of pyridine rings is 4. The van der Waals surface area contributed by atoms with Crippen LogP contribution in [0.4, 0.5) is 23.3 Å². The van der Waals surface area contributed by atoms with Gasteiger partial charge < -0.3 is 31.3 Å². The minimum atomic E-state index is -0.393. The lowest BCUT2D eigenvalue weighted by atomic mass is 9.97. The van der Waals surface area contributed by atoms with E-state index in [2.05, 4.69) is 66.1 Å². The van der Waals surface area contributed by atoms with Gasteiger partial charge in [-0.2, -0.15) is 11.8 Å². The lowest BCUT2D eigenvalue weighted by Crippen LogP contribution is -2.42. The van der Waals surface area contributed by atoms with Crippen LogP contribution in [0.3, 0.4) is 0 Å². The van der Waals surface area contributed by atoms with Gasteiger partial charge >= 0.3 is 0 Å². The van der Waals surface area contributed by atoms with Crippen LogP contribution >= 0.6 is 105 Å². The summed E-state index contributed by atoms with van der Waals surface area (Å²) in [4.78, 5) is 129. The summed E-state index contributed by atoms with van der Waals surface area (Å²) in [6.07, 6.45) is 9.97. The average Bonchev–Trinajstić information content (AvgIpc) is 0.835. The van der Waals surface area contributed by atoms with Crippen molar-refractivity contribution in [2.75, 3.05) is 111 Å². The topological polar surface area (TPSA) is 270 Å². The highest BCUT2D eigenvalue weighted by molar-refractivity contribution is 7.99. The molecule has 4 saturated heterocycles. The number of amides is 4. The minimum absolute atomic E-state index is 0.0551. The quantitative estimate of drug-likeness (QED) is 0.0285. The molecule has 680 valence electrons. The van der Waals surface area contributed by atoms with E-state index in [-0.39, 0.29) is 66.5 Å². The Kier molecular flexibility index (Phi) is 37.4. The Hall–Kier alpha value is -10.7. The van der Waals surface area contributed by atoms with Crippen LogP contribution in [0.1, 0.15) is 147 Å². The minimum Gasteiger partial charge on any atom is -0.379 e. The van der Waals surface area contributed by atoms with Crippen LogP contribution in [0.5, 0.6) is 0 Å². The summed E-state index contributed by atoms with van der Waals surface area (Å²) >= 11 is 49.9. The number of ketones is 4. The summed E-state index contributed by atoms with van der Waals surface area (Å²) in [6.45, 7) is 15.3. The van der Waals surface area contributed by atoms with Gasteiger partial charge in [0.05, 0.1) is 33.3 Å². The predicted octanol–water partition coefficient (Wildman–Crippen LogP) is 21.0. The molecular weight excluding hydrogens is 1850 g/mol. The van der Waals surface area contributed by atoms with Crippen LogP contribution < -0.4 is 26.6 Å². The molecule has 4 aliphatic heterocycles. The summed E-state index contributed by atoms with van der Waals surface area (Å²) in [7, 11) is 0. The molecule has 0 bridgehead atoms. The molecule has 4 fully saturated rings. The number of halogens is 8. The first-order valence-corrected chi connectivity index (χ1v) is 47.2. The maximum Gasteiger partial charge on any atom is 0.257 e. The standard InChI is InChI=1S/C26H25Cl2N3O2.C25H24Cl2N4O2.C25H23Cl2N3O3.C25H23Cl2N3O2S/c27-21-9-8-20(23(15-21)26(33)30-25-11-10-22(28)16-29-25)14-24(32)19-6-4-18(5-7-19)17-31-12-2-1-3-13-31;26-20-6-5-19(22(14-20)25(33)30-24-8-7-21(27)15-29-24)13-23(32)18-3-1-17(2-4-18)16-31-11-9-28-10-12-31;2*26-20-6-5-19(22(14-20)25(32)29-24-8-7-21(27)15-28-24)13-23(31)18-3-1-17(2-4-18)16-30-9-11-33-12-10-30/h4-11,15-16H,1-3,12-14,17H2,(H,29,30,33);1-8,14-15,28H,9-13,16H2,(H,29,30,33);2*1-8,14-15H,9-13,16H2,(H,28,29,32). The largest absolute Gasteiger partial charge is 0.379 e. The first-order valence-electron chi connectivity index (χ1n) is 43.0. The third-order valence-electron chi connectivity index (χ3n) is 22.1. The van der Waals surface area contributed by atoms with Crippen molar-refractivity contribution in [1.29, 1.82) is 0 Å². The maximum atomic E-state index is 13.0. The van der Waals surface area contributed by atoms with E-state index in [0.29, 0.717) is 130 Å². The summed E-state index contributed by atoms with van der Waals surface area (Å²) < 4.78 is 5.38. The van der Waals surface area contributed by atoms with Crippen molar-refractivity contribution < 1.29 is 43.1 Å². The molecule has 132 heavy (non-hydrogen) atoms. The summed E-state index contributed by atoms with van der Waals surface area (Å²) in [5.41, 5.74) is 10.9. The van der Waals surface area contributed by atoms with E-state index in [9.17, 15) is 38.4 Å². The number of thioether (sulfide) groups is 1. The Morgan fingerprint density at radius 1 is 0.295 bits per heavy atom.